The summed E-state index contributed by atoms with van der Waals surface area (Å²) >= 11 is 3.46. The lowest BCUT2D eigenvalue weighted by Crippen LogP contribution is -2.05. The predicted molar refractivity (Wildman–Crippen MR) is 79.2 cm³/mol. The monoisotopic (exact) mass is 308 g/mol. The molecule has 0 saturated heterocycles. The van der Waals surface area contributed by atoms with Crippen LogP contribution in [0.1, 0.15) is 18.2 Å². The molecule has 1 aromatic carbocycles. The van der Waals surface area contributed by atoms with Gasteiger partial charge < -0.3 is 11.1 Å². The quantitative estimate of drug-likeness (QED) is 0.910. The molecule has 3 N–H and O–H groups in total. The van der Waals surface area contributed by atoms with Crippen molar-refractivity contribution in [3.63, 3.8) is 0 Å². The molecular formula is C13H17BrN4. The summed E-state index contributed by atoms with van der Waals surface area (Å²) in [5.74, 6) is 0.862. The number of aryl methyl sites for hydroxylation is 3. The van der Waals surface area contributed by atoms with Gasteiger partial charge in [0, 0.05) is 16.7 Å². The number of hydrogen-bond donors (Lipinski definition) is 2. The van der Waals surface area contributed by atoms with Crippen molar-refractivity contribution in [1.82, 2.24) is 9.78 Å². The Morgan fingerprint density at radius 3 is 2.72 bits per heavy atom. The van der Waals surface area contributed by atoms with Gasteiger partial charge in [0.05, 0.1) is 11.4 Å². The second-order valence-electron chi connectivity index (χ2n) is 4.25. The van der Waals surface area contributed by atoms with Crippen LogP contribution in [0.4, 0.5) is 17.2 Å². The van der Waals surface area contributed by atoms with Crippen LogP contribution in [-0.4, -0.2) is 9.78 Å². The number of anilines is 3. The van der Waals surface area contributed by atoms with Gasteiger partial charge in [-0.15, -0.1) is 0 Å². The summed E-state index contributed by atoms with van der Waals surface area (Å²) < 4.78 is 2.95. The van der Waals surface area contributed by atoms with Crippen molar-refractivity contribution in [2.75, 3.05) is 11.1 Å². The fourth-order valence-corrected chi connectivity index (χ4v) is 2.33. The van der Waals surface area contributed by atoms with Gasteiger partial charge in [-0.2, -0.15) is 5.10 Å². The number of hydrogen-bond acceptors (Lipinski definition) is 3. The standard InChI is InChI=1S/C13H17BrN4/c1-4-18-13(12(15)9(3)17-18)16-11-6-5-10(14)7-8(11)2/h5-7,16H,4,15H2,1-3H3. The number of aromatic nitrogens is 2. The molecule has 1 heterocycles. The van der Waals surface area contributed by atoms with E-state index in [1.165, 1.54) is 0 Å². The number of nitrogens with two attached hydrogens (primary N) is 1. The molecule has 4 nitrogen and oxygen atoms in total. The van der Waals surface area contributed by atoms with Crippen LogP contribution in [0, 0.1) is 13.8 Å². The van der Waals surface area contributed by atoms with E-state index in [0.29, 0.717) is 5.69 Å². The number of nitrogen functional groups attached to an aromatic ring is 1. The summed E-state index contributed by atoms with van der Waals surface area (Å²) in [6.45, 7) is 6.81. The van der Waals surface area contributed by atoms with Crippen LogP contribution >= 0.6 is 15.9 Å². The molecule has 0 aliphatic heterocycles. The summed E-state index contributed by atoms with van der Waals surface area (Å²) in [6, 6.07) is 6.10. The van der Waals surface area contributed by atoms with Crippen molar-refractivity contribution in [3.8, 4) is 0 Å². The SMILES string of the molecule is CCn1nc(C)c(N)c1Nc1ccc(Br)cc1C. The van der Waals surface area contributed by atoms with Gasteiger partial charge in [0.25, 0.3) is 0 Å². The lowest BCUT2D eigenvalue weighted by molar-refractivity contribution is 0.661. The third-order valence-electron chi connectivity index (χ3n) is 2.91. The highest BCUT2D eigenvalue weighted by atomic mass is 79.9. The summed E-state index contributed by atoms with van der Waals surface area (Å²) in [6.07, 6.45) is 0. The average molecular weight is 309 g/mol. The molecule has 0 amide bonds. The minimum atomic E-state index is 0.708. The Morgan fingerprint density at radius 1 is 1.39 bits per heavy atom. The first-order valence-corrected chi connectivity index (χ1v) is 6.68. The second kappa shape index (κ2) is 5.02. The van der Waals surface area contributed by atoms with Gasteiger partial charge in [0.15, 0.2) is 5.82 Å². The van der Waals surface area contributed by atoms with Crippen LogP contribution in [0.2, 0.25) is 0 Å². The zero-order valence-corrected chi connectivity index (χ0v) is 12.4. The molecule has 5 heteroatoms. The Bertz CT molecular complexity index is 575. The maximum Gasteiger partial charge on any atom is 0.152 e. The van der Waals surface area contributed by atoms with Gasteiger partial charge in [-0.3, -0.25) is 0 Å². The summed E-state index contributed by atoms with van der Waals surface area (Å²) in [7, 11) is 0. The maximum atomic E-state index is 6.05. The summed E-state index contributed by atoms with van der Waals surface area (Å²) in [4.78, 5) is 0. The number of halogens is 1. The molecule has 0 atom stereocenters. The van der Waals surface area contributed by atoms with E-state index < -0.39 is 0 Å². The topological polar surface area (TPSA) is 55.9 Å². The molecule has 0 unspecified atom stereocenters. The number of nitrogens with zero attached hydrogens (tertiary/aromatic N) is 2. The minimum absolute atomic E-state index is 0.708. The average Bonchev–Trinajstić information content (AvgIpc) is 2.60. The Kier molecular flexibility index (Phi) is 3.61. The molecule has 0 fully saturated rings. The molecule has 0 aliphatic carbocycles. The molecule has 0 saturated carbocycles. The van der Waals surface area contributed by atoms with Crippen molar-refractivity contribution < 1.29 is 0 Å². The Labute approximate surface area is 115 Å². The lowest BCUT2D eigenvalue weighted by atomic mass is 10.2. The van der Waals surface area contributed by atoms with Crippen molar-refractivity contribution in [1.29, 1.82) is 0 Å². The summed E-state index contributed by atoms with van der Waals surface area (Å²) in [5.41, 5.74) is 9.81. The zero-order valence-electron chi connectivity index (χ0n) is 10.8. The van der Waals surface area contributed by atoms with Crippen LogP contribution in [0.3, 0.4) is 0 Å². The molecule has 0 radical (unpaired) electrons. The van der Waals surface area contributed by atoms with E-state index in [1.807, 2.05) is 30.7 Å². The lowest BCUT2D eigenvalue weighted by Gasteiger charge is -2.12. The van der Waals surface area contributed by atoms with Gasteiger partial charge in [-0.05, 0) is 44.5 Å². The van der Waals surface area contributed by atoms with Crippen LogP contribution in [0.5, 0.6) is 0 Å². The van der Waals surface area contributed by atoms with Crippen molar-refractivity contribution in [2.24, 2.45) is 0 Å². The summed E-state index contributed by atoms with van der Waals surface area (Å²) in [5, 5.41) is 7.75. The Hall–Kier alpha value is -1.49. The molecule has 0 aliphatic rings. The van der Waals surface area contributed by atoms with Gasteiger partial charge >= 0.3 is 0 Å². The van der Waals surface area contributed by atoms with E-state index in [4.69, 9.17) is 5.73 Å². The number of benzene rings is 1. The first kappa shape index (κ1) is 13.0. The van der Waals surface area contributed by atoms with Gasteiger partial charge in [-0.1, -0.05) is 15.9 Å². The van der Waals surface area contributed by atoms with E-state index >= 15 is 0 Å². The largest absolute Gasteiger partial charge is 0.394 e. The third kappa shape index (κ3) is 2.36. The Balaban J connectivity index is 2.39. The van der Waals surface area contributed by atoms with Gasteiger partial charge in [0.1, 0.15) is 0 Å². The molecule has 1 aromatic heterocycles. The van der Waals surface area contributed by atoms with Crippen LogP contribution < -0.4 is 11.1 Å². The molecule has 2 aromatic rings. The first-order valence-electron chi connectivity index (χ1n) is 5.89. The van der Waals surface area contributed by atoms with Gasteiger partial charge in [0.2, 0.25) is 0 Å². The molecule has 18 heavy (non-hydrogen) atoms. The van der Waals surface area contributed by atoms with Gasteiger partial charge in [-0.25, -0.2) is 4.68 Å². The molecule has 0 spiro atoms. The van der Waals surface area contributed by atoms with Crippen molar-refractivity contribution in [3.05, 3.63) is 33.9 Å². The molecule has 2 rings (SSSR count). The molecule has 96 valence electrons. The van der Waals surface area contributed by atoms with E-state index in [0.717, 1.165) is 33.8 Å². The highest BCUT2D eigenvalue weighted by Gasteiger charge is 2.12. The maximum absolute atomic E-state index is 6.05. The van der Waals surface area contributed by atoms with E-state index in [9.17, 15) is 0 Å². The van der Waals surface area contributed by atoms with Crippen LogP contribution in [-0.2, 0) is 6.54 Å². The number of nitrogens with one attached hydrogen (secondary N) is 1. The fourth-order valence-electron chi connectivity index (χ4n) is 1.85. The molecular weight excluding hydrogens is 292 g/mol. The number of rotatable bonds is 3. The smallest absolute Gasteiger partial charge is 0.152 e. The minimum Gasteiger partial charge on any atom is -0.394 e. The van der Waals surface area contributed by atoms with Crippen molar-refractivity contribution in [2.45, 2.75) is 27.3 Å². The van der Waals surface area contributed by atoms with Crippen LogP contribution in [0.25, 0.3) is 0 Å². The van der Waals surface area contributed by atoms with E-state index in [1.54, 1.807) is 0 Å². The zero-order chi connectivity index (χ0) is 13.3. The third-order valence-corrected chi connectivity index (χ3v) is 3.41. The highest BCUT2D eigenvalue weighted by molar-refractivity contribution is 9.10. The Morgan fingerprint density at radius 2 is 2.11 bits per heavy atom. The van der Waals surface area contributed by atoms with E-state index in [2.05, 4.69) is 39.3 Å². The fraction of sp³-hybridized carbons (Fsp3) is 0.308. The normalized spacial score (nSPS) is 10.7. The van der Waals surface area contributed by atoms with E-state index in [-0.39, 0.29) is 0 Å². The second-order valence-corrected chi connectivity index (χ2v) is 5.16. The highest BCUT2D eigenvalue weighted by Crippen LogP contribution is 2.28. The van der Waals surface area contributed by atoms with Crippen molar-refractivity contribution >= 4 is 33.1 Å². The predicted octanol–water partition coefficient (Wildman–Crippen LogP) is 3.61. The van der Waals surface area contributed by atoms with Crippen LogP contribution in [0.15, 0.2) is 22.7 Å². The first-order chi connectivity index (χ1) is 8.52. The molecule has 0 bridgehead atoms.